The van der Waals surface area contributed by atoms with Gasteiger partial charge in [0.15, 0.2) is 0 Å². The number of para-hydroxylation sites is 1. The molecule has 2 atom stereocenters. The van der Waals surface area contributed by atoms with Crippen molar-refractivity contribution in [1.82, 2.24) is 5.32 Å². The largest absolute Gasteiger partial charge is 0.397 e. The van der Waals surface area contributed by atoms with Crippen molar-refractivity contribution >= 4 is 23.2 Å². The van der Waals surface area contributed by atoms with Gasteiger partial charge in [-0.15, -0.1) is 0 Å². The van der Waals surface area contributed by atoms with Crippen LogP contribution in [0.2, 0.25) is 0 Å². The van der Waals surface area contributed by atoms with E-state index in [0.29, 0.717) is 30.1 Å². The predicted molar refractivity (Wildman–Crippen MR) is 82.5 cm³/mol. The van der Waals surface area contributed by atoms with Crippen LogP contribution in [0, 0.1) is 5.92 Å². The van der Waals surface area contributed by atoms with Crippen LogP contribution >= 0.6 is 0 Å². The van der Waals surface area contributed by atoms with Crippen LogP contribution in [0.3, 0.4) is 0 Å². The third kappa shape index (κ3) is 3.52. The number of hydrogen-bond donors (Lipinski definition) is 4. The third-order valence-corrected chi connectivity index (χ3v) is 3.55. The monoisotopic (exact) mass is 290 g/mol. The third-order valence-electron chi connectivity index (χ3n) is 3.55. The smallest absolute Gasteiger partial charge is 0.247 e. The minimum atomic E-state index is -0.606. The van der Waals surface area contributed by atoms with Crippen molar-refractivity contribution in [1.29, 1.82) is 0 Å². The summed E-state index contributed by atoms with van der Waals surface area (Å²) in [6, 6.07) is 4.24. The Morgan fingerprint density at radius 2 is 2.19 bits per heavy atom. The molecule has 6 heteroatoms. The van der Waals surface area contributed by atoms with E-state index in [1.165, 1.54) is 0 Å². The summed E-state index contributed by atoms with van der Waals surface area (Å²) in [6.45, 7) is 4.00. The molecule has 1 aliphatic rings. The van der Waals surface area contributed by atoms with Gasteiger partial charge in [-0.1, -0.05) is 26.0 Å². The maximum Gasteiger partial charge on any atom is 0.247 e. The standard InChI is InChI=1S/C15H22N4O2/c1-8(2)6-11(17)14(20)18-12-7-9-4-3-5-10(16)13(9)19-15(12)21/h3-5,8,11-12H,6-7,16-17H2,1-2H3,(H,18,20)(H,19,21). The maximum atomic E-state index is 12.1. The summed E-state index contributed by atoms with van der Waals surface area (Å²) in [5, 5.41) is 5.46. The van der Waals surface area contributed by atoms with Gasteiger partial charge < -0.3 is 22.1 Å². The molecule has 0 radical (unpaired) electrons. The molecule has 1 aromatic rings. The van der Waals surface area contributed by atoms with Gasteiger partial charge in [-0.05, 0) is 24.0 Å². The lowest BCUT2D eigenvalue weighted by Gasteiger charge is -2.27. The molecule has 0 aromatic heterocycles. The van der Waals surface area contributed by atoms with Gasteiger partial charge >= 0.3 is 0 Å². The first-order chi connectivity index (χ1) is 9.88. The summed E-state index contributed by atoms with van der Waals surface area (Å²) in [6.07, 6.45) is 1.01. The average molecular weight is 290 g/mol. The minimum absolute atomic E-state index is 0.259. The van der Waals surface area contributed by atoms with Crippen molar-refractivity contribution in [2.45, 2.75) is 38.8 Å². The fourth-order valence-corrected chi connectivity index (χ4v) is 2.48. The number of rotatable bonds is 4. The van der Waals surface area contributed by atoms with Crippen molar-refractivity contribution in [3.63, 3.8) is 0 Å². The first-order valence-corrected chi connectivity index (χ1v) is 7.12. The molecule has 6 N–H and O–H groups in total. The Morgan fingerprint density at radius 3 is 2.86 bits per heavy atom. The molecular weight excluding hydrogens is 268 g/mol. The number of anilines is 2. The van der Waals surface area contributed by atoms with Gasteiger partial charge in [0.05, 0.1) is 17.4 Å². The molecule has 1 heterocycles. The van der Waals surface area contributed by atoms with Gasteiger partial charge in [0.2, 0.25) is 11.8 Å². The highest BCUT2D eigenvalue weighted by molar-refractivity contribution is 6.02. The number of fused-ring (bicyclic) bond motifs is 1. The number of benzene rings is 1. The highest BCUT2D eigenvalue weighted by Gasteiger charge is 2.29. The van der Waals surface area contributed by atoms with Crippen LogP contribution < -0.4 is 22.1 Å². The Labute approximate surface area is 124 Å². The summed E-state index contributed by atoms with van der Waals surface area (Å²) in [5.41, 5.74) is 13.7. The molecule has 0 saturated carbocycles. The minimum Gasteiger partial charge on any atom is -0.397 e. The van der Waals surface area contributed by atoms with Crippen molar-refractivity contribution < 1.29 is 9.59 Å². The van der Waals surface area contributed by atoms with Gasteiger partial charge in [0, 0.05) is 6.42 Å². The first kappa shape index (κ1) is 15.3. The quantitative estimate of drug-likeness (QED) is 0.609. The second-order valence-corrected chi connectivity index (χ2v) is 5.87. The maximum absolute atomic E-state index is 12.1. The summed E-state index contributed by atoms with van der Waals surface area (Å²) < 4.78 is 0. The van der Waals surface area contributed by atoms with Gasteiger partial charge in [-0.2, -0.15) is 0 Å². The topological polar surface area (TPSA) is 110 Å². The number of nitrogens with one attached hydrogen (secondary N) is 2. The molecule has 6 nitrogen and oxygen atoms in total. The van der Waals surface area contributed by atoms with E-state index in [4.69, 9.17) is 11.5 Å². The van der Waals surface area contributed by atoms with E-state index in [9.17, 15) is 9.59 Å². The lowest BCUT2D eigenvalue weighted by atomic mass is 9.97. The van der Waals surface area contributed by atoms with Gasteiger partial charge in [-0.25, -0.2) is 0 Å². The molecule has 0 fully saturated rings. The van der Waals surface area contributed by atoms with Gasteiger partial charge in [0.25, 0.3) is 0 Å². The van der Waals surface area contributed by atoms with Crippen LogP contribution in [0.5, 0.6) is 0 Å². The number of carbonyl (C=O) groups is 2. The fourth-order valence-electron chi connectivity index (χ4n) is 2.48. The zero-order valence-electron chi connectivity index (χ0n) is 12.3. The van der Waals surface area contributed by atoms with Crippen molar-refractivity contribution in [2.75, 3.05) is 11.1 Å². The van der Waals surface area contributed by atoms with Crippen LogP contribution in [-0.4, -0.2) is 23.9 Å². The Hall–Kier alpha value is -2.08. The molecule has 0 bridgehead atoms. The first-order valence-electron chi connectivity index (χ1n) is 7.12. The zero-order valence-corrected chi connectivity index (χ0v) is 12.3. The molecule has 0 aliphatic carbocycles. The van der Waals surface area contributed by atoms with Gasteiger partial charge in [-0.3, -0.25) is 9.59 Å². The lowest BCUT2D eigenvalue weighted by molar-refractivity contribution is -0.127. The summed E-state index contributed by atoms with van der Waals surface area (Å²) >= 11 is 0. The van der Waals surface area contributed by atoms with Crippen LogP contribution in [0.25, 0.3) is 0 Å². The van der Waals surface area contributed by atoms with Crippen LogP contribution in [-0.2, 0) is 16.0 Å². The summed E-state index contributed by atoms with van der Waals surface area (Å²) in [5.74, 6) is -0.229. The molecule has 2 amide bonds. The molecule has 1 aliphatic heterocycles. The second-order valence-electron chi connectivity index (χ2n) is 5.87. The molecule has 1 aromatic carbocycles. The molecule has 2 rings (SSSR count). The average Bonchev–Trinajstić information content (AvgIpc) is 2.40. The molecule has 2 unspecified atom stereocenters. The van der Waals surface area contributed by atoms with E-state index in [1.54, 1.807) is 6.07 Å². The highest BCUT2D eigenvalue weighted by Crippen LogP contribution is 2.28. The fraction of sp³-hybridized carbons (Fsp3) is 0.467. The Morgan fingerprint density at radius 1 is 1.48 bits per heavy atom. The Bertz CT molecular complexity index is 557. The van der Waals surface area contributed by atoms with Crippen molar-refractivity contribution in [3.05, 3.63) is 23.8 Å². The van der Waals surface area contributed by atoms with E-state index in [-0.39, 0.29) is 11.8 Å². The zero-order chi connectivity index (χ0) is 15.6. The highest BCUT2D eigenvalue weighted by atomic mass is 16.2. The number of hydrogen-bond acceptors (Lipinski definition) is 4. The number of amides is 2. The normalized spacial score (nSPS) is 18.9. The number of nitrogen functional groups attached to an aromatic ring is 1. The lowest BCUT2D eigenvalue weighted by Crippen LogP contribution is -2.52. The van der Waals surface area contributed by atoms with E-state index in [0.717, 1.165) is 5.56 Å². The van der Waals surface area contributed by atoms with Crippen molar-refractivity contribution in [2.24, 2.45) is 11.7 Å². The molecule has 0 saturated heterocycles. The molecule has 0 spiro atoms. The molecule has 114 valence electrons. The van der Waals surface area contributed by atoms with Crippen molar-refractivity contribution in [3.8, 4) is 0 Å². The Kier molecular flexibility index (Phi) is 4.47. The van der Waals surface area contributed by atoms with E-state index >= 15 is 0 Å². The summed E-state index contributed by atoms with van der Waals surface area (Å²) in [4.78, 5) is 24.1. The second kappa shape index (κ2) is 6.13. The van der Waals surface area contributed by atoms with Crippen LogP contribution in [0.15, 0.2) is 18.2 Å². The molecule has 21 heavy (non-hydrogen) atoms. The van der Waals surface area contributed by atoms with Crippen LogP contribution in [0.1, 0.15) is 25.8 Å². The van der Waals surface area contributed by atoms with E-state index < -0.39 is 12.1 Å². The van der Waals surface area contributed by atoms with E-state index in [2.05, 4.69) is 10.6 Å². The van der Waals surface area contributed by atoms with Gasteiger partial charge in [0.1, 0.15) is 6.04 Å². The Balaban J connectivity index is 2.06. The molecular formula is C15H22N4O2. The number of nitrogens with two attached hydrogens (primary N) is 2. The summed E-state index contributed by atoms with van der Waals surface area (Å²) in [7, 11) is 0. The number of carbonyl (C=O) groups excluding carboxylic acids is 2. The SMILES string of the molecule is CC(C)CC(N)C(=O)NC1Cc2cccc(N)c2NC1=O. The predicted octanol–water partition coefficient (Wildman–Crippen LogP) is 0.622. The van der Waals surface area contributed by atoms with E-state index in [1.807, 2.05) is 26.0 Å². The van der Waals surface area contributed by atoms with Crippen LogP contribution in [0.4, 0.5) is 11.4 Å².